The molecule has 0 saturated heterocycles. The second kappa shape index (κ2) is 10.5. The van der Waals surface area contributed by atoms with Crippen molar-refractivity contribution in [1.29, 1.82) is 0 Å². The summed E-state index contributed by atoms with van der Waals surface area (Å²) in [6.45, 7) is 13.8. The van der Waals surface area contributed by atoms with Gasteiger partial charge >= 0.3 is 0 Å². The molecule has 8 aromatic carbocycles. The lowest BCUT2D eigenvalue weighted by atomic mass is 9.82. The molecular formula is C48H41N. The highest BCUT2D eigenvalue weighted by atomic mass is 15.0. The van der Waals surface area contributed by atoms with Gasteiger partial charge < -0.3 is 4.57 Å². The molecule has 0 spiro atoms. The van der Waals surface area contributed by atoms with E-state index in [4.69, 9.17) is 0 Å². The maximum atomic E-state index is 2.50. The number of para-hydroxylation sites is 2. The minimum absolute atomic E-state index is 0.0476. The summed E-state index contributed by atoms with van der Waals surface area (Å²) >= 11 is 0. The molecule has 1 nitrogen and oxygen atoms in total. The zero-order valence-electron chi connectivity index (χ0n) is 29.2. The highest BCUT2D eigenvalue weighted by Gasteiger charge is 2.22. The average Bonchev–Trinajstić information content (AvgIpc) is 3.44. The maximum absolute atomic E-state index is 2.50. The van der Waals surface area contributed by atoms with E-state index in [1.54, 1.807) is 0 Å². The first-order valence-electron chi connectivity index (χ1n) is 17.5. The molecule has 9 rings (SSSR count). The van der Waals surface area contributed by atoms with Crippen molar-refractivity contribution in [2.45, 2.75) is 52.4 Å². The minimum atomic E-state index is 0.0476. The number of nitrogens with zero attached hydrogens (tertiary/aromatic N) is 1. The van der Waals surface area contributed by atoms with E-state index in [1.807, 2.05) is 0 Å². The number of hydrogen-bond acceptors (Lipinski definition) is 0. The Hall–Kier alpha value is -5.40. The summed E-state index contributed by atoms with van der Waals surface area (Å²) in [5.41, 5.74) is 11.6. The Morgan fingerprint density at radius 1 is 0.388 bits per heavy atom. The first-order valence-corrected chi connectivity index (χ1v) is 17.5. The molecule has 0 aliphatic carbocycles. The van der Waals surface area contributed by atoms with Gasteiger partial charge in [0.25, 0.3) is 0 Å². The average molecular weight is 632 g/mol. The first kappa shape index (κ1) is 29.7. The van der Waals surface area contributed by atoms with Gasteiger partial charge in [0.1, 0.15) is 0 Å². The molecule has 1 heterocycles. The van der Waals surface area contributed by atoms with Crippen molar-refractivity contribution >= 4 is 54.1 Å². The molecular weight excluding hydrogens is 591 g/mol. The van der Waals surface area contributed by atoms with Crippen molar-refractivity contribution in [2.75, 3.05) is 0 Å². The van der Waals surface area contributed by atoms with Crippen LogP contribution in [0.1, 0.15) is 52.7 Å². The molecule has 0 fully saturated rings. The predicted octanol–water partition coefficient (Wildman–Crippen LogP) is 13.6. The number of rotatable bonds is 3. The summed E-state index contributed by atoms with van der Waals surface area (Å²) in [7, 11) is 0. The largest absolute Gasteiger partial charge is 0.309 e. The Bertz CT molecular complexity index is 2670. The van der Waals surface area contributed by atoms with Crippen LogP contribution in [0, 0.1) is 0 Å². The van der Waals surface area contributed by atoms with Crippen LogP contribution in [0.3, 0.4) is 0 Å². The third-order valence-corrected chi connectivity index (χ3v) is 10.7. The smallest absolute Gasteiger partial charge is 0.0547 e. The molecule has 0 atom stereocenters. The molecule has 49 heavy (non-hydrogen) atoms. The Labute approximate surface area is 288 Å². The van der Waals surface area contributed by atoms with Crippen molar-refractivity contribution < 1.29 is 0 Å². The van der Waals surface area contributed by atoms with Gasteiger partial charge in [-0.15, -0.1) is 0 Å². The van der Waals surface area contributed by atoms with Crippen LogP contribution in [-0.2, 0) is 10.8 Å². The third-order valence-electron chi connectivity index (χ3n) is 10.7. The Balaban J connectivity index is 1.44. The van der Waals surface area contributed by atoms with Crippen LogP contribution in [-0.4, -0.2) is 4.57 Å². The summed E-state index contributed by atoms with van der Waals surface area (Å²) in [4.78, 5) is 0. The van der Waals surface area contributed by atoms with Crippen LogP contribution < -0.4 is 0 Å². The van der Waals surface area contributed by atoms with Crippen molar-refractivity contribution in [2.24, 2.45) is 0 Å². The fourth-order valence-electron chi connectivity index (χ4n) is 8.04. The van der Waals surface area contributed by atoms with Crippen LogP contribution in [0.25, 0.3) is 82.1 Å². The molecule has 0 amide bonds. The van der Waals surface area contributed by atoms with E-state index < -0.39 is 0 Å². The number of benzene rings is 8. The zero-order chi connectivity index (χ0) is 33.7. The molecule has 238 valence electrons. The zero-order valence-corrected chi connectivity index (χ0v) is 29.2. The van der Waals surface area contributed by atoms with Crippen LogP contribution in [0.15, 0.2) is 140 Å². The van der Waals surface area contributed by atoms with Crippen molar-refractivity contribution in [3.05, 3.63) is 151 Å². The van der Waals surface area contributed by atoms with Gasteiger partial charge in [-0.25, -0.2) is 0 Å². The quantitative estimate of drug-likeness (QED) is 0.171. The van der Waals surface area contributed by atoms with Crippen LogP contribution in [0.4, 0.5) is 0 Å². The normalized spacial score (nSPS) is 12.7. The monoisotopic (exact) mass is 631 g/mol. The summed E-state index contributed by atoms with van der Waals surface area (Å²) in [6, 6.07) is 52.6. The van der Waals surface area contributed by atoms with E-state index in [0.29, 0.717) is 0 Å². The van der Waals surface area contributed by atoms with Crippen LogP contribution >= 0.6 is 0 Å². The molecule has 0 aliphatic rings. The van der Waals surface area contributed by atoms with Crippen molar-refractivity contribution in [1.82, 2.24) is 4.57 Å². The molecule has 0 N–H and O–H groups in total. The van der Waals surface area contributed by atoms with Gasteiger partial charge in [0.2, 0.25) is 0 Å². The van der Waals surface area contributed by atoms with E-state index in [0.717, 1.165) is 0 Å². The number of aromatic nitrogens is 1. The molecule has 9 aromatic rings. The van der Waals surface area contributed by atoms with Gasteiger partial charge in [-0.1, -0.05) is 163 Å². The van der Waals surface area contributed by atoms with E-state index in [-0.39, 0.29) is 10.8 Å². The topological polar surface area (TPSA) is 4.93 Å². The van der Waals surface area contributed by atoms with Crippen LogP contribution in [0.5, 0.6) is 0 Å². The highest BCUT2D eigenvalue weighted by molar-refractivity contribution is 6.29. The predicted molar refractivity (Wildman–Crippen MR) is 213 cm³/mol. The lowest BCUT2D eigenvalue weighted by Gasteiger charge is -2.23. The van der Waals surface area contributed by atoms with Gasteiger partial charge in [-0.2, -0.15) is 0 Å². The molecule has 0 unspecified atom stereocenters. The van der Waals surface area contributed by atoms with Crippen molar-refractivity contribution in [3.63, 3.8) is 0 Å². The Kier molecular flexibility index (Phi) is 6.40. The van der Waals surface area contributed by atoms with Crippen molar-refractivity contribution in [3.8, 4) is 27.9 Å². The van der Waals surface area contributed by atoms with Gasteiger partial charge in [0.15, 0.2) is 0 Å². The lowest BCUT2D eigenvalue weighted by Crippen LogP contribution is -2.10. The SMILES string of the molecule is CC(C)(C)c1cccc(-c2ccc3ccc4c(-c5cccc(C(C)(C)C)c5)cc(-n5c6ccccc6c6ccccc65)c5ccc2c3c45)c1. The molecule has 0 saturated carbocycles. The molecule has 0 bridgehead atoms. The molecule has 1 heteroatoms. The first-order chi connectivity index (χ1) is 23.6. The standard InChI is InChI=1S/C48H41N/c1-47(2,3)33-15-11-13-31(27-33)35-23-21-30-22-24-39-41(32-14-12-16-34(28-32)48(4,5)6)29-44(40-26-25-38(35)45(30)46(39)40)49-42-19-9-7-17-36(42)37-18-8-10-20-43(37)49/h7-29H,1-6H3. The number of hydrogen-bond donors (Lipinski definition) is 0. The van der Waals surface area contributed by atoms with E-state index >= 15 is 0 Å². The minimum Gasteiger partial charge on any atom is -0.309 e. The summed E-state index contributed by atoms with van der Waals surface area (Å²) in [5.74, 6) is 0. The highest BCUT2D eigenvalue weighted by Crippen LogP contribution is 2.46. The molecule has 1 aromatic heterocycles. The molecule has 0 radical (unpaired) electrons. The fourth-order valence-corrected chi connectivity index (χ4v) is 8.04. The third kappa shape index (κ3) is 4.60. The summed E-state index contributed by atoms with van der Waals surface area (Å²) in [5, 5.41) is 10.4. The maximum Gasteiger partial charge on any atom is 0.0547 e. The summed E-state index contributed by atoms with van der Waals surface area (Å²) in [6.07, 6.45) is 0. The molecule has 0 aliphatic heterocycles. The number of fused-ring (bicyclic) bond motifs is 3. The van der Waals surface area contributed by atoms with E-state index in [9.17, 15) is 0 Å². The van der Waals surface area contributed by atoms with E-state index in [2.05, 4.69) is 186 Å². The van der Waals surface area contributed by atoms with Gasteiger partial charge in [0.05, 0.1) is 16.7 Å². The summed E-state index contributed by atoms with van der Waals surface area (Å²) < 4.78 is 2.50. The van der Waals surface area contributed by atoms with Crippen LogP contribution in [0.2, 0.25) is 0 Å². The van der Waals surface area contributed by atoms with Gasteiger partial charge in [-0.05, 0) is 84.0 Å². The Morgan fingerprint density at radius 3 is 1.51 bits per heavy atom. The fraction of sp³-hybridized carbons (Fsp3) is 0.167. The Morgan fingerprint density at radius 2 is 0.898 bits per heavy atom. The van der Waals surface area contributed by atoms with E-state index in [1.165, 1.54) is 93.2 Å². The van der Waals surface area contributed by atoms with Gasteiger partial charge in [0, 0.05) is 21.5 Å². The van der Waals surface area contributed by atoms with Gasteiger partial charge in [-0.3, -0.25) is 0 Å². The lowest BCUT2D eigenvalue weighted by molar-refractivity contribution is 0.590. The second-order valence-corrected chi connectivity index (χ2v) is 15.8. The second-order valence-electron chi connectivity index (χ2n) is 15.8.